The number of H-pyrrole nitrogens is 1. The Balaban J connectivity index is 3.43. The van der Waals surface area contributed by atoms with E-state index in [1.807, 2.05) is 0 Å². The molecule has 5 heteroatoms. The van der Waals surface area contributed by atoms with Crippen LogP contribution in [0.4, 0.5) is 0 Å². The van der Waals surface area contributed by atoms with Gasteiger partial charge >= 0.3 is 0 Å². The number of pyridine rings is 1. The fourth-order valence-electron chi connectivity index (χ4n) is 0.911. The first-order valence-corrected chi connectivity index (χ1v) is 3.31. The van der Waals surface area contributed by atoms with Crippen molar-refractivity contribution in [2.24, 2.45) is 5.73 Å². The van der Waals surface area contributed by atoms with Crippen molar-refractivity contribution in [1.82, 2.24) is 4.98 Å². The molecule has 2 radical (unpaired) electrons. The van der Waals surface area contributed by atoms with E-state index in [4.69, 9.17) is 13.6 Å². The average Bonchev–Trinajstić information content (AvgIpc) is 1.96. The number of hydrogen-bond donors (Lipinski definition) is 2. The van der Waals surface area contributed by atoms with Crippen LogP contribution in [0.1, 0.15) is 16.1 Å². The minimum absolute atomic E-state index is 0.0810. The van der Waals surface area contributed by atoms with Gasteiger partial charge in [-0.2, -0.15) is 0 Å². The molecule has 1 amide bonds. The van der Waals surface area contributed by atoms with Crippen LogP contribution >= 0.6 is 0 Å². The Morgan fingerprint density at radius 2 is 2.25 bits per heavy atom. The highest BCUT2D eigenvalue weighted by Crippen LogP contribution is 1.96. The number of aromatic nitrogens is 1. The molecule has 0 aliphatic rings. The Bertz CT molecular complexity index is 383. The molecule has 0 atom stereocenters. The number of carbonyl (C=O) groups excluding carboxylic acids is 1. The van der Waals surface area contributed by atoms with Crippen molar-refractivity contribution in [2.75, 3.05) is 0 Å². The van der Waals surface area contributed by atoms with Crippen LogP contribution in [0.25, 0.3) is 0 Å². The molecular formula is C7H7BN2O2. The Kier molecular flexibility index (Phi) is 2.04. The van der Waals surface area contributed by atoms with Crippen molar-refractivity contribution >= 4 is 19.2 Å². The molecule has 0 aliphatic heterocycles. The Hall–Kier alpha value is -1.52. The van der Waals surface area contributed by atoms with Crippen molar-refractivity contribution in [3.8, 4) is 0 Å². The standard InChI is InChI=1S/C7H7BN2O2/c1-3-2-4(8)7(12)10-5(3)6(9)11/h2H,1H3,(H2,9,11)(H,10,12). The summed E-state index contributed by atoms with van der Waals surface area (Å²) in [4.78, 5) is 23.9. The lowest BCUT2D eigenvalue weighted by molar-refractivity contribution is 0.0995. The topological polar surface area (TPSA) is 76.0 Å². The van der Waals surface area contributed by atoms with Gasteiger partial charge in [0.1, 0.15) is 13.5 Å². The zero-order valence-corrected chi connectivity index (χ0v) is 6.55. The number of carbonyl (C=O) groups is 1. The molecule has 4 nitrogen and oxygen atoms in total. The molecule has 0 aromatic carbocycles. The first-order chi connectivity index (χ1) is 5.52. The van der Waals surface area contributed by atoms with Crippen molar-refractivity contribution in [3.63, 3.8) is 0 Å². The van der Waals surface area contributed by atoms with Crippen LogP contribution in [-0.2, 0) is 0 Å². The second-order valence-corrected chi connectivity index (χ2v) is 2.48. The molecule has 0 unspecified atom stereocenters. The van der Waals surface area contributed by atoms with Gasteiger partial charge in [0.05, 0.1) is 0 Å². The quantitative estimate of drug-likeness (QED) is 0.497. The van der Waals surface area contributed by atoms with E-state index in [0.717, 1.165) is 0 Å². The molecule has 0 fully saturated rings. The summed E-state index contributed by atoms with van der Waals surface area (Å²) in [5.41, 5.74) is 5.25. The Labute approximate surface area is 70.2 Å². The van der Waals surface area contributed by atoms with E-state index >= 15 is 0 Å². The third kappa shape index (κ3) is 1.39. The summed E-state index contributed by atoms with van der Waals surface area (Å²) in [5, 5.41) is 0. The van der Waals surface area contributed by atoms with Crippen molar-refractivity contribution < 1.29 is 4.79 Å². The van der Waals surface area contributed by atoms with E-state index in [-0.39, 0.29) is 11.2 Å². The van der Waals surface area contributed by atoms with Gasteiger partial charge in [0.25, 0.3) is 5.91 Å². The fraction of sp³-hybridized carbons (Fsp3) is 0.143. The van der Waals surface area contributed by atoms with Crippen LogP contribution in [0.15, 0.2) is 10.9 Å². The predicted octanol–water partition coefficient (Wildman–Crippen LogP) is -1.42. The number of nitrogens with one attached hydrogen (secondary N) is 1. The van der Waals surface area contributed by atoms with Crippen LogP contribution in [0, 0.1) is 6.92 Å². The maximum atomic E-state index is 10.9. The summed E-state index contributed by atoms with van der Waals surface area (Å²) in [7, 11) is 5.29. The second kappa shape index (κ2) is 2.85. The molecule has 3 N–H and O–H groups in total. The lowest BCUT2D eigenvalue weighted by Crippen LogP contribution is -2.31. The van der Waals surface area contributed by atoms with E-state index in [9.17, 15) is 9.59 Å². The molecule has 0 saturated carbocycles. The van der Waals surface area contributed by atoms with Gasteiger partial charge in [0, 0.05) is 0 Å². The van der Waals surface area contributed by atoms with Crippen LogP contribution in [0.3, 0.4) is 0 Å². The fourth-order valence-corrected chi connectivity index (χ4v) is 0.911. The number of aryl methyl sites for hydroxylation is 1. The third-order valence-corrected chi connectivity index (χ3v) is 1.51. The Morgan fingerprint density at radius 1 is 1.67 bits per heavy atom. The number of primary amides is 1. The maximum absolute atomic E-state index is 10.9. The molecule has 1 aromatic rings. The largest absolute Gasteiger partial charge is 0.364 e. The molecule has 12 heavy (non-hydrogen) atoms. The van der Waals surface area contributed by atoms with Gasteiger partial charge in [0.2, 0.25) is 5.56 Å². The zero-order valence-electron chi connectivity index (χ0n) is 6.55. The highest BCUT2D eigenvalue weighted by molar-refractivity contribution is 6.32. The summed E-state index contributed by atoms with van der Waals surface area (Å²) in [6.45, 7) is 1.65. The maximum Gasteiger partial charge on any atom is 0.265 e. The van der Waals surface area contributed by atoms with E-state index in [1.165, 1.54) is 6.07 Å². The third-order valence-electron chi connectivity index (χ3n) is 1.51. The average molecular weight is 162 g/mol. The number of aromatic amines is 1. The lowest BCUT2D eigenvalue weighted by Gasteiger charge is -2.01. The van der Waals surface area contributed by atoms with Gasteiger partial charge in [0.15, 0.2) is 0 Å². The van der Waals surface area contributed by atoms with Crippen molar-refractivity contribution in [2.45, 2.75) is 6.92 Å². The van der Waals surface area contributed by atoms with Crippen molar-refractivity contribution in [1.29, 1.82) is 0 Å². The van der Waals surface area contributed by atoms with E-state index < -0.39 is 11.5 Å². The normalized spacial score (nSPS) is 9.75. The molecule has 1 rings (SSSR count). The summed E-state index contributed by atoms with van der Waals surface area (Å²) in [6, 6.07) is 1.42. The van der Waals surface area contributed by atoms with Gasteiger partial charge in [-0.05, 0) is 17.9 Å². The second-order valence-electron chi connectivity index (χ2n) is 2.48. The highest BCUT2D eigenvalue weighted by Gasteiger charge is 2.06. The Morgan fingerprint density at radius 3 is 2.75 bits per heavy atom. The minimum atomic E-state index is -0.662. The van der Waals surface area contributed by atoms with E-state index in [0.29, 0.717) is 5.56 Å². The first kappa shape index (κ1) is 8.58. The summed E-state index contributed by atoms with van der Waals surface area (Å²) < 4.78 is 0. The summed E-state index contributed by atoms with van der Waals surface area (Å²) in [5.74, 6) is -0.662. The SMILES string of the molecule is [B]c1cc(C)c(C(N)=O)[nH]c1=O. The first-order valence-electron chi connectivity index (χ1n) is 3.31. The molecule has 1 heterocycles. The van der Waals surface area contributed by atoms with E-state index in [2.05, 4.69) is 4.98 Å². The summed E-state index contributed by atoms with van der Waals surface area (Å²) >= 11 is 0. The highest BCUT2D eigenvalue weighted by atomic mass is 16.1. The summed E-state index contributed by atoms with van der Waals surface area (Å²) in [6.07, 6.45) is 0. The molecule has 0 spiro atoms. The molecule has 1 aromatic heterocycles. The predicted molar refractivity (Wildman–Crippen MR) is 45.7 cm³/mol. The number of amides is 1. The smallest absolute Gasteiger partial charge is 0.265 e. The van der Waals surface area contributed by atoms with Gasteiger partial charge in [-0.3, -0.25) is 9.59 Å². The lowest BCUT2D eigenvalue weighted by atomic mass is 9.96. The van der Waals surface area contributed by atoms with Crippen LogP contribution in [-0.4, -0.2) is 18.7 Å². The number of hydrogen-bond acceptors (Lipinski definition) is 2. The zero-order chi connectivity index (χ0) is 9.30. The monoisotopic (exact) mass is 162 g/mol. The van der Waals surface area contributed by atoms with Gasteiger partial charge < -0.3 is 10.7 Å². The molecule has 0 bridgehead atoms. The van der Waals surface area contributed by atoms with Crippen LogP contribution in [0.2, 0.25) is 0 Å². The minimum Gasteiger partial charge on any atom is -0.364 e. The molecular weight excluding hydrogens is 155 g/mol. The van der Waals surface area contributed by atoms with Crippen molar-refractivity contribution in [3.05, 3.63) is 27.7 Å². The van der Waals surface area contributed by atoms with Crippen LogP contribution in [0.5, 0.6) is 0 Å². The molecule has 60 valence electrons. The van der Waals surface area contributed by atoms with Crippen LogP contribution < -0.4 is 16.8 Å². The van der Waals surface area contributed by atoms with Gasteiger partial charge in [-0.25, -0.2) is 0 Å². The molecule has 0 saturated heterocycles. The number of nitrogens with two attached hydrogens (primary N) is 1. The molecule has 0 aliphatic carbocycles. The van der Waals surface area contributed by atoms with Gasteiger partial charge in [-0.15, -0.1) is 0 Å². The number of rotatable bonds is 1. The van der Waals surface area contributed by atoms with Gasteiger partial charge in [-0.1, -0.05) is 6.07 Å². The van der Waals surface area contributed by atoms with E-state index in [1.54, 1.807) is 6.92 Å².